The molecule has 2 rings (SSSR count). The normalized spacial score (nSPS) is 12.4. The van der Waals surface area contributed by atoms with Gasteiger partial charge < -0.3 is 16.4 Å². The van der Waals surface area contributed by atoms with Crippen LogP contribution in [0.15, 0.2) is 54.6 Å². The molecule has 0 aromatic heterocycles. The van der Waals surface area contributed by atoms with Gasteiger partial charge in [-0.15, -0.1) is 12.4 Å². The van der Waals surface area contributed by atoms with E-state index in [1.807, 2.05) is 49.4 Å². The zero-order valence-corrected chi connectivity index (χ0v) is 17.3. The third-order valence-electron chi connectivity index (χ3n) is 4.64. The van der Waals surface area contributed by atoms with Gasteiger partial charge in [0, 0.05) is 24.7 Å². The summed E-state index contributed by atoms with van der Waals surface area (Å²) in [5, 5.41) is 5.81. The van der Waals surface area contributed by atoms with E-state index in [1.165, 1.54) is 0 Å². The van der Waals surface area contributed by atoms with Gasteiger partial charge in [-0.25, -0.2) is 0 Å². The lowest BCUT2D eigenvalue weighted by Crippen LogP contribution is -2.35. The first-order valence-electron chi connectivity index (χ1n) is 9.48. The highest BCUT2D eigenvalue weighted by Gasteiger charge is 2.21. The van der Waals surface area contributed by atoms with E-state index >= 15 is 0 Å². The Morgan fingerprint density at radius 1 is 1.00 bits per heavy atom. The molecule has 6 heteroatoms. The number of hydrogen-bond donors (Lipinski definition) is 3. The van der Waals surface area contributed by atoms with E-state index in [9.17, 15) is 9.59 Å². The fourth-order valence-electron chi connectivity index (χ4n) is 2.73. The van der Waals surface area contributed by atoms with Crippen molar-refractivity contribution in [2.45, 2.75) is 39.3 Å². The molecule has 0 bridgehead atoms. The lowest BCUT2D eigenvalue weighted by Gasteiger charge is -2.20. The third-order valence-corrected chi connectivity index (χ3v) is 4.64. The Morgan fingerprint density at radius 2 is 1.64 bits per heavy atom. The molecule has 0 aliphatic rings. The predicted molar refractivity (Wildman–Crippen MR) is 115 cm³/mol. The highest BCUT2D eigenvalue weighted by atomic mass is 35.5. The molecule has 0 saturated carbocycles. The summed E-state index contributed by atoms with van der Waals surface area (Å²) in [7, 11) is 0. The average molecular weight is 404 g/mol. The molecule has 0 fully saturated rings. The number of halogens is 1. The molecule has 5 nitrogen and oxygen atoms in total. The van der Waals surface area contributed by atoms with E-state index in [1.54, 1.807) is 12.1 Å². The predicted octanol–water partition coefficient (Wildman–Crippen LogP) is 3.59. The maximum atomic E-state index is 12.4. The highest BCUT2D eigenvalue weighted by molar-refractivity contribution is 5.94. The minimum Gasteiger partial charge on any atom is -0.352 e. The monoisotopic (exact) mass is 403 g/mol. The second-order valence-electron chi connectivity index (χ2n) is 6.75. The SMILES string of the molecule is CCCCNC(=O)c1ccc(CNC(=O)C(C)C(N)c2ccccc2)cc1.Cl. The van der Waals surface area contributed by atoms with Crippen LogP contribution in [-0.2, 0) is 11.3 Å². The summed E-state index contributed by atoms with van der Waals surface area (Å²) < 4.78 is 0. The molecule has 2 amide bonds. The largest absolute Gasteiger partial charge is 0.352 e. The van der Waals surface area contributed by atoms with Gasteiger partial charge in [0.25, 0.3) is 5.91 Å². The Labute approximate surface area is 173 Å². The minimum absolute atomic E-state index is 0. The van der Waals surface area contributed by atoms with Gasteiger partial charge in [0.05, 0.1) is 5.92 Å². The van der Waals surface area contributed by atoms with Crippen LogP contribution in [0, 0.1) is 5.92 Å². The van der Waals surface area contributed by atoms with Crippen molar-refractivity contribution in [1.82, 2.24) is 10.6 Å². The van der Waals surface area contributed by atoms with Crippen molar-refractivity contribution >= 4 is 24.2 Å². The van der Waals surface area contributed by atoms with Crippen LogP contribution < -0.4 is 16.4 Å². The summed E-state index contributed by atoms with van der Waals surface area (Å²) in [6.45, 7) is 5.01. The van der Waals surface area contributed by atoms with Crippen molar-refractivity contribution in [1.29, 1.82) is 0 Å². The number of benzene rings is 2. The molecule has 2 aromatic carbocycles. The molecule has 28 heavy (non-hydrogen) atoms. The van der Waals surface area contributed by atoms with Crippen LogP contribution in [0.1, 0.15) is 54.2 Å². The van der Waals surface area contributed by atoms with Crippen LogP contribution in [-0.4, -0.2) is 18.4 Å². The lowest BCUT2D eigenvalue weighted by atomic mass is 9.94. The number of rotatable bonds is 9. The smallest absolute Gasteiger partial charge is 0.251 e. The molecule has 2 unspecified atom stereocenters. The standard InChI is InChI=1S/C22H29N3O2.ClH/c1-3-4-14-24-22(27)19-12-10-17(11-13-19)15-25-21(26)16(2)20(23)18-8-6-5-7-9-18;/h5-13,16,20H,3-4,14-15,23H2,1-2H3,(H,24,27)(H,25,26);1H. The summed E-state index contributed by atoms with van der Waals surface area (Å²) in [5.41, 5.74) is 8.71. The van der Waals surface area contributed by atoms with E-state index in [2.05, 4.69) is 17.6 Å². The number of nitrogens with two attached hydrogens (primary N) is 1. The van der Waals surface area contributed by atoms with Crippen molar-refractivity contribution in [3.8, 4) is 0 Å². The molecule has 0 radical (unpaired) electrons. The number of hydrogen-bond acceptors (Lipinski definition) is 3. The average Bonchev–Trinajstić information content (AvgIpc) is 2.72. The summed E-state index contributed by atoms with van der Waals surface area (Å²) in [5.74, 6) is -0.495. The molecule has 0 spiro atoms. The Bertz CT molecular complexity index is 735. The topological polar surface area (TPSA) is 84.2 Å². The van der Waals surface area contributed by atoms with E-state index < -0.39 is 0 Å². The maximum absolute atomic E-state index is 12.4. The molecular weight excluding hydrogens is 374 g/mol. The van der Waals surface area contributed by atoms with Crippen LogP contribution in [0.4, 0.5) is 0 Å². The van der Waals surface area contributed by atoms with Gasteiger partial charge in [-0.3, -0.25) is 9.59 Å². The molecule has 152 valence electrons. The Morgan fingerprint density at radius 3 is 2.25 bits per heavy atom. The van der Waals surface area contributed by atoms with Crippen LogP contribution in [0.2, 0.25) is 0 Å². The second kappa shape index (κ2) is 12.2. The fraction of sp³-hybridized carbons (Fsp3) is 0.364. The molecule has 2 atom stereocenters. The molecule has 0 heterocycles. The van der Waals surface area contributed by atoms with E-state index in [-0.39, 0.29) is 36.2 Å². The zero-order chi connectivity index (χ0) is 19.6. The van der Waals surface area contributed by atoms with Gasteiger partial charge >= 0.3 is 0 Å². The molecule has 0 aliphatic carbocycles. The molecule has 0 saturated heterocycles. The Hall–Kier alpha value is -2.37. The molecule has 4 N–H and O–H groups in total. The van der Waals surface area contributed by atoms with Gasteiger partial charge in [0.15, 0.2) is 0 Å². The number of carbonyl (C=O) groups excluding carboxylic acids is 2. The first-order chi connectivity index (χ1) is 13.0. The second-order valence-corrected chi connectivity index (χ2v) is 6.75. The van der Waals surface area contributed by atoms with Crippen molar-refractivity contribution in [3.63, 3.8) is 0 Å². The minimum atomic E-state index is -0.347. The summed E-state index contributed by atoms with van der Waals surface area (Å²) in [4.78, 5) is 24.4. The van der Waals surface area contributed by atoms with Crippen LogP contribution >= 0.6 is 12.4 Å². The van der Waals surface area contributed by atoms with Gasteiger partial charge in [0.1, 0.15) is 0 Å². The van der Waals surface area contributed by atoms with Crippen LogP contribution in [0.25, 0.3) is 0 Å². The fourth-order valence-corrected chi connectivity index (χ4v) is 2.73. The number of nitrogens with one attached hydrogen (secondary N) is 2. The highest BCUT2D eigenvalue weighted by Crippen LogP contribution is 2.19. The number of amides is 2. The van der Waals surface area contributed by atoms with Crippen LogP contribution in [0.3, 0.4) is 0 Å². The Balaban J connectivity index is 0.00000392. The first kappa shape index (κ1) is 23.7. The van der Waals surface area contributed by atoms with E-state index in [0.717, 1.165) is 24.0 Å². The Kier molecular flexibility index (Phi) is 10.3. The number of carbonyl (C=O) groups is 2. The maximum Gasteiger partial charge on any atom is 0.251 e. The molecular formula is C22H30ClN3O2. The molecule has 0 aliphatic heterocycles. The quantitative estimate of drug-likeness (QED) is 0.559. The van der Waals surface area contributed by atoms with Crippen molar-refractivity contribution in [2.75, 3.05) is 6.54 Å². The summed E-state index contributed by atoms with van der Waals surface area (Å²) in [6.07, 6.45) is 2.02. The van der Waals surface area contributed by atoms with Gasteiger partial charge in [0.2, 0.25) is 5.91 Å². The summed E-state index contributed by atoms with van der Waals surface area (Å²) in [6, 6.07) is 16.5. The van der Waals surface area contributed by atoms with Gasteiger partial charge in [-0.05, 0) is 29.7 Å². The van der Waals surface area contributed by atoms with Crippen molar-refractivity contribution in [3.05, 3.63) is 71.3 Å². The zero-order valence-electron chi connectivity index (χ0n) is 16.5. The third kappa shape index (κ3) is 6.98. The van der Waals surface area contributed by atoms with Gasteiger partial charge in [-0.2, -0.15) is 0 Å². The van der Waals surface area contributed by atoms with E-state index in [0.29, 0.717) is 18.7 Å². The van der Waals surface area contributed by atoms with Crippen LogP contribution in [0.5, 0.6) is 0 Å². The van der Waals surface area contributed by atoms with Crippen molar-refractivity contribution in [2.24, 2.45) is 11.7 Å². The number of unbranched alkanes of at least 4 members (excludes halogenated alkanes) is 1. The molecule has 2 aromatic rings. The summed E-state index contributed by atoms with van der Waals surface area (Å²) >= 11 is 0. The first-order valence-corrected chi connectivity index (χ1v) is 9.48. The van der Waals surface area contributed by atoms with E-state index in [4.69, 9.17) is 5.73 Å². The lowest BCUT2D eigenvalue weighted by molar-refractivity contribution is -0.125. The van der Waals surface area contributed by atoms with Crippen molar-refractivity contribution < 1.29 is 9.59 Å². The van der Waals surface area contributed by atoms with Gasteiger partial charge in [-0.1, -0.05) is 62.7 Å².